The Labute approximate surface area is 255 Å². The molecule has 5 aromatic rings. The number of fused-ring (bicyclic) bond motifs is 8. The first-order valence-corrected chi connectivity index (χ1v) is 13.7. The maximum absolute atomic E-state index is 5.01. The van der Waals surface area contributed by atoms with Crippen LogP contribution in [0.4, 0.5) is 0 Å². The van der Waals surface area contributed by atoms with Gasteiger partial charge in [-0.2, -0.15) is 0 Å². The predicted octanol–water partition coefficient (Wildman–Crippen LogP) is 8.77. The third-order valence-corrected chi connectivity index (χ3v) is 8.23. The number of aromatic nitrogens is 4. The van der Waals surface area contributed by atoms with E-state index in [2.05, 4.69) is 56.1 Å². The van der Waals surface area contributed by atoms with Gasteiger partial charge in [0.25, 0.3) is 0 Å². The average molecular weight is 684 g/mol. The maximum Gasteiger partial charge on any atom is 2.00 e. The van der Waals surface area contributed by atoms with Crippen LogP contribution in [0.15, 0.2) is 93.9 Å². The summed E-state index contributed by atoms with van der Waals surface area (Å²) >= 11 is 7.58. The van der Waals surface area contributed by atoms with E-state index < -0.39 is 0 Å². The van der Waals surface area contributed by atoms with Crippen LogP contribution in [-0.4, -0.2) is 9.97 Å². The molecular weight excluding hydrogens is 666 g/mol. The van der Waals surface area contributed by atoms with Crippen LogP contribution in [0.25, 0.3) is 68.6 Å². The van der Waals surface area contributed by atoms with Crippen molar-refractivity contribution >= 4 is 78.2 Å². The molecule has 2 aliphatic heterocycles. The van der Waals surface area contributed by atoms with E-state index >= 15 is 0 Å². The maximum atomic E-state index is 5.01. The zero-order valence-electron chi connectivity index (χ0n) is 20.6. The Bertz CT molecular complexity index is 1800. The van der Waals surface area contributed by atoms with Gasteiger partial charge in [-0.1, -0.05) is 84.9 Å². The van der Waals surface area contributed by atoms with Crippen LogP contribution in [0.5, 0.6) is 0 Å². The molecule has 0 amide bonds. The van der Waals surface area contributed by atoms with E-state index in [-0.39, 0.29) is 19.5 Å². The van der Waals surface area contributed by atoms with Crippen molar-refractivity contribution in [1.29, 1.82) is 0 Å². The fourth-order valence-corrected chi connectivity index (χ4v) is 5.70. The normalized spacial score (nSPS) is 11.9. The van der Waals surface area contributed by atoms with Crippen molar-refractivity contribution in [3.8, 4) is 22.3 Å². The molecule has 8 bridgehead atoms. The quantitative estimate of drug-likeness (QED) is 0.171. The summed E-state index contributed by atoms with van der Waals surface area (Å²) in [5.74, 6) is 0. The summed E-state index contributed by atoms with van der Waals surface area (Å²) in [6, 6.07) is 28.6. The molecule has 0 N–H and O–H groups in total. The van der Waals surface area contributed by atoms with E-state index in [1.807, 2.05) is 85.0 Å². The van der Waals surface area contributed by atoms with Gasteiger partial charge in [0.15, 0.2) is 0 Å². The van der Waals surface area contributed by atoms with E-state index in [1.165, 1.54) is 0 Å². The Morgan fingerprint density at radius 3 is 1.21 bits per heavy atom. The number of nitrogens with zero attached hydrogens (tertiary/aromatic N) is 4. The molecule has 0 saturated carbocycles. The molecule has 5 heterocycles. The molecular formula is C32H18Br2N4Zn. The summed E-state index contributed by atoms with van der Waals surface area (Å²) in [5.41, 5.74) is 10.8. The van der Waals surface area contributed by atoms with E-state index in [0.29, 0.717) is 0 Å². The molecule has 7 rings (SSSR count). The molecule has 3 aromatic heterocycles. The second kappa shape index (κ2) is 10.7. The molecule has 7 heteroatoms. The van der Waals surface area contributed by atoms with E-state index in [0.717, 1.165) is 76.0 Å². The summed E-state index contributed by atoms with van der Waals surface area (Å²) in [4.78, 5) is 20.1. The van der Waals surface area contributed by atoms with Gasteiger partial charge in [-0.05, 0) is 78.4 Å². The van der Waals surface area contributed by atoms with Gasteiger partial charge in [-0.25, -0.2) is 9.97 Å². The van der Waals surface area contributed by atoms with Gasteiger partial charge in [0.05, 0.1) is 22.8 Å². The van der Waals surface area contributed by atoms with Crippen LogP contribution in [-0.2, 0) is 19.5 Å². The third-order valence-electron chi connectivity index (χ3n) is 6.61. The summed E-state index contributed by atoms with van der Waals surface area (Å²) in [7, 11) is 0. The van der Waals surface area contributed by atoms with Crippen LogP contribution in [0.3, 0.4) is 0 Å². The minimum Gasteiger partial charge on any atom is -0.656 e. The topological polar surface area (TPSA) is 54.0 Å². The second-order valence-electron chi connectivity index (χ2n) is 8.97. The third kappa shape index (κ3) is 4.69. The smallest absolute Gasteiger partial charge is 0.656 e. The standard InChI is InChI=1S/C32H18Br2N4.Zn/c33-31-25-15-11-21(35-25)29(19-7-3-1-4-8-19)22-12-16-26(36-22)32(34)28-18-14-24(38-28)30(20-9-5-2-6-10-20)23-13-17-27(31)37-23;/h1-18H;/q-2;+2. The summed E-state index contributed by atoms with van der Waals surface area (Å²) in [5, 5.41) is 0. The Kier molecular flexibility index (Phi) is 7.07. The molecule has 0 spiro atoms. The number of benzene rings is 2. The first-order chi connectivity index (χ1) is 18.7. The monoisotopic (exact) mass is 680 g/mol. The van der Waals surface area contributed by atoms with Crippen molar-refractivity contribution in [3.05, 3.63) is 117 Å². The van der Waals surface area contributed by atoms with Crippen LogP contribution in [0, 0.1) is 0 Å². The Morgan fingerprint density at radius 1 is 0.436 bits per heavy atom. The SMILES string of the molecule is Brc1c2nc(c(-c3ccccc3)c3ccc([n-]3)c(Br)c3nc(c(-c4ccccc4)c4ccc1[n-]4)C=C3)C=C2.[Zn+2]. The Balaban J connectivity index is 0.00000277. The molecule has 0 aliphatic carbocycles. The summed E-state index contributed by atoms with van der Waals surface area (Å²) < 4.78 is 1.68. The van der Waals surface area contributed by atoms with Gasteiger partial charge >= 0.3 is 19.5 Å². The molecule has 0 radical (unpaired) electrons. The molecule has 0 saturated heterocycles. The largest absolute Gasteiger partial charge is 2.00 e. The van der Waals surface area contributed by atoms with Crippen LogP contribution < -0.4 is 9.97 Å². The number of rotatable bonds is 2. The van der Waals surface area contributed by atoms with Gasteiger partial charge < -0.3 is 9.97 Å². The summed E-state index contributed by atoms with van der Waals surface area (Å²) in [6.45, 7) is 0. The van der Waals surface area contributed by atoms with Crippen LogP contribution >= 0.6 is 31.9 Å². The number of halogens is 2. The Morgan fingerprint density at radius 2 is 0.795 bits per heavy atom. The Hall–Kier alpha value is -3.38. The predicted molar refractivity (Wildman–Crippen MR) is 163 cm³/mol. The fraction of sp³-hybridized carbons (Fsp3) is 0. The van der Waals surface area contributed by atoms with Crippen molar-refractivity contribution in [2.24, 2.45) is 0 Å². The van der Waals surface area contributed by atoms with Crippen molar-refractivity contribution in [2.75, 3.05) is 0 Å². The second-order valence-corrected chi connectivity index (χ2v) is 10.6. The first-order valence-electron chi connectivity index (χ1n) is 12.1. The minimum absolute atomic E-state index is 0. The molecule has 39 heavy (non-hydrogen) atoms. The zero-order chi connectivity index (χ0) is 25.6. The van der Waals surface area contributed by atoms with Gasteiger partial charge in [0, 0.05) is 8.95 Å². The van der Waals surface area contributed by atoms with E-state index in [4.69, 9.17) is 19.9 Å². The molecule has 0 atom stereocenters. The van der Waals surface area contributed by atoms with E-state index in [9.17, 15) is 0 Å². The van der Waals surface area contributed by atoms with Crippen molar-refractivity contribution in [3.63, 3.8) is 0 Å². The minimum atomic E-state index is 0. The number of hydrogen-bond donors (Lipinski definition) is 0. The van der Waals surface area contributed by atoms with E-state index in [1.54, 1.807) is 0 Å². The van der Waals surface area contributed by atoms with Crippen LogP contribution in [0.2, 0.25) is 0 Å². The van der Waals surface area contributed by atoms with Crippen molar-refractivity contribution in [1.82, 2.24) is 19.9 Å². The molecule has 0 fully saturated rings. The molecule has 0 unspecified atom stereocenters. The van der Waals surface area contributed by atoms with Gasteiger partial charge in [0.2, 0.25) is 0 Å². The van der Waals surface area contributed by atoms with Crippen molar-refractivity contribution in [2.45, 2.75) is 0 Å². The van der Waals surface area contributed by atoms with Gasteiger partial charge in [0.1, 0.15) is 0 Å². The van der Waals surface area contributed by atoms with Crippen LogP contribution in [0.1, 0.15) is 22.8 Å². The van der Waals surface area contributed by atoms with Gasteiger partial charge in [-0.15, -0.1) is 22.1 Å². The average Bonchev–Trinajstić information content (AvgIpc) is 3.77. The zero-order valence-corrected chi connectivity index (χ0v) is 26.8. The first kappa shape index (κ1) is 25.9. The van der Waals surface area contributed by atoms with Crippen molar-refractivity contribution < 1.29 is 19.5 Å². The summed E-state index contributed by atoms with van der Waals surface area (Å²) in [6.07, 6.45) is 8.13. The molecule has 4 nitrogen and oxygen atoms in total. The molecule has 182 valence electrons. The molecule has 2 aromatic carbocycles. The fourth-order valence-electron chi connectivity index (χ4n) is 4.82. The molecule has 2 aliphatic rings. The number of hydrogen-bond acceptors (Lipinski definition) is 2. The van der Waals surface area contributed by atoms with Gasteiger partial charge in [-0.3, -0.25) is 0 Å².